The fourth-order valence-electron chi connectivity index (χ4n) is 2.91. The topological polar surface area (TPSA) is 55.1 Å². The van der Waals surface area contributed by atoms with Crippen LogP contribution in [0.25, 0.3) is 0 Å². The van der Waals surface area contributed by atoms with Crippen molar-refractivity contribution in [3.8, 4) is 0 Å². The van der Waals surface area contributed by atoms with E-state index in [1.165, 1.54) is 0 Å². The zero-order chi connectivity index (χ0) is 14.8. The summed E-state index contributed by atoms with van der Waals surface area (Å²) in [5.41, 5.74) is 6.61. The molecule has 1 fully saturated rings. The molecule has 0 aliphatic heterocycles. The number of nitrogens with two attached hydrogens (primary N) is 1. The van der Waals surface area contributed by atoms with Crippen LogP contribution in [0.15, 0.2) is 24.3 Å². The molecule has 1 aromatic carbocycles. The van der Waals surface area contributed by atoms with E-state index in [0.717, 1.165) is 24.8 Å². The second-order valence-corrected chi connectivity index (χ2v) is 6.68. The lowest BCUT2D eigenvalue weighted by Gasteiger charge is -2.28. The number of benzene rings is 1. The largest absolute Gasteiger partial charge is 0.347 e. The lowest BCUT2D eigenvalue weighted by molar-refractivity contribution is -0.123. The Bertz CT molecular complexity index is 491. The standard InChI is InChI=1S/C16H23ClN2O.ClH/c1-16(2,12-6-4-7-13(17)10-12)19-15(20)9-11-5-3-8-14(11)18;/h4,6-7,10-11,14H,3,5,8-9,18H2,1-2H3,(H,19,20);1H/t11-,14+;/m0./s1. The predicted molar refractivity (Wildman–Crippen MR) is 89.8 cm³/mol. The summed E-state index contributed by atoms with van der Waals surface area (Å²) in [5.74, 6) is 0.391. The van der Waals surface area contributed by atoms with Crippen molar-refractivity contribution < 1.29 is 4.79 Å². The molecule has 0 heterocycles. The molecule has 0 saturated heterocycles. The maximum atomic E-state index is 12.2. The van der Waals surface area contributed by atoms with Gasteiger partial charge in [-0.05, 0) is 50.3 Å². The summed E-state index contributed by atoms with van der Waals surface area (Å²) in [6, 6.07) is 7.78. The van der Waals surface area contributed by atoms with Crippen LogP contribution in [0.1, 0.15) is 45.1 Å². The molecular formula is C16H24Cl2N2O. The first-order valence-electron chi connectivity index (χ1n) is 7.21. The molecule has 1 amide bonds. The average Bonchev–Trinajstić information content (AvgIpc) is 2.74. The van der Waals surface area contributed by atoms with Gasteiger partial charge >= 0.3 is 0 Å². The molecule has 1 aromatic rings. The zero-order valence-electron chi connectivity index (χ0n) is 12.6. The van der Waals surface area contributed by atoms with Gasteiger partial charge in [-0.2, -0.15) is 0 Å². The van der Waals surface area contributed by atoms with E-state index in [2.05, 4.69) is 5.32 Å². The molecule has 3 nitrogen and oxygen atoms in total. The van der Waals surface area contributed by atoms with Gasteiger partial charge in [0.2, 0.25) is 5.91 Å². The molecule has 3 N–H and O–H groups in total. The maximum absolute atomic E-state index is 12.2. The van der Waals surface area contributed by atoms with E-state index in [9.17, 15) is 4.79 Å². The van der Waals surface area contributed by atoms with Crippen LogP contribution < -0.4 is 11.1 Å². The van der Waals surface area contributed by atoms with E-state index >= 15 is 0 Å². The molecule has 0 radical (unpaired) electrons. The number of hydrogen-bond acceptors (Lipinski definition) is 2. The first-order chi connectivity index (χ1) is 9.38. The Hall–Kier alpha value is -0.770. The van der Waals surface area contributed by atoms with E-state index in [-0.39, 0.29) is 24.4 Å². The van der Waals surface area contributed by atoms with Gasteiger partial charge in [0.1, 0.15) is 0 Å². The molecule has 0 spiro atoms. The first kappa shape index (κ1) is 18.3. The molecule has 0 aromatic heterocycles. The van der Waals surface area contributed by atoms with Crippen molar-refractivity contribution >= 4 is 29.9 Å². The summed E-state index contributed by atoms with van der Waals surface area (Å²) >= 11 is 6.01. The highest BCUT2D eigenvalue weighted by Gasteiger charge is 2.29. The highest BCUT2D eigenvalue weighted by atomic mass is 35.5. The molecule has 1 saturated carbocycles. The quantitative estimate of drug-likeness (QED) is 0.885. The highest BCUT2D eigenvalue weighted by molar-refractivity contribution is 6.30. The van der Waals surface area contributed by atoms with Gasteiger partial charge in [0, 0.05) is 17.5 Å². The summed E-state index contributed by atoms with van der Waals surface area (Å²) in [7, 11) is 0. The number of halogens is 2. The molecule has 5 heteroatoms. The van der Waals surface area contributed by atoms with Crippen LogP contribution in [0.5, 0.6) is 0 Å². The Balaban J connectivity index is 0.00000220. The molecule has 118 valence electrons. The third-order valence-electron chi connectivity index (χ3n) is 4.16. The van der Waals surface area contributed by atoms with Gasteiger partial charge in [-0.25, -0.2) is 0 Å². The Kier molecular flexibility index (Phi) is 6.51. The van der Waals surface area contributed by atoms with Crippen LogP contribution >= 0.6 is 24.0 Å². The number of carbonyl (C=O) groups excluding carboxylic acids is 1. The van der Waals surface area contributed by atoms with Crippen molar-refractivity contribution in [2.75, 3.05) is 0 Å². The fourth-order valence-corrected chi connectivity index (χ4v) is 3.10. The second-order valence-electron chi connectivity index (χ2n) is 6.24. The molecule has 0 bridgehead atoms. The lowest BCUT2D eigenvalue weighted by atomic mass is 9.93. The van der Waals surface area contributed by atoms with Gasteiger partial charge in [-0.1, -0.05) is 30.2 Å². The molecule has 1 aliphatic rings. The highest BCUT2D eigenvalue weighted by Crippen LogP contribution is 2.28. The number of hydrogen-bond donors (Lipinski definition) is 2. The van der Waals surface area contributed by atoms with Gasteiger partial charge in [0.15, 0.2) is 0 Å². The summed E-state index contributed by atoms with van der Waals surface area (Å²) in [6.45, 7) is 3.98. The molecule has 2 atom stereocenters. The Morgan fingerprint density at radius 2 is 2.14 bits per heavy atom. The molecule has 21 heavy (non-hydrogen) atoms. The van der Waals surface area contributed by atoms with Gasteiger partial charge in [0.05, 0.1) is 5.54 Å². The van der Waals surface area contributed by atoms with Crippen LogP contribution in [0.4, 0.5) is 0 Å². The van der Waals surface area contributed by atoms with E-state index in [4.69, 9.17) is 17.3 Å². The normalized spacial score (nSPS) is 21.7. The zero-order valence-corrected chi connectivity index (χ0v) is 14.1. The lowest BCUT2D eigenvalue weighted by Crippen LogP contribution is -2.42. The van der Waals surface area contributed by atoms with Crippen molar-refractivity contribution in [3.63, 3.8) is 0 Å². The van der Waals surface area contributed by atoms with E-state index < -0.39 is 5.54 Å². The van der Waals surface area contributed by atoms with Gasteiger partial charge in [0.25, 0.3) is 0 Å². The Labute approximate surface area is 138 Å². The van der Waals surface area contributed by atoms with Gasteiger partial charge in [-0.15, -0.1) is 12.4 Å². The van der Waals surface area contributed by atoms with Crippen LogP contribution in [0.3, 0.4) is 0 Å². The first-order valence-corrected chi connectivity index (χ1v) is 7.59. The summed E-state index contributed by atoms with van der Waals surface area (Å²) < 4.78 is 0. The summed E-state index contributed by atoms with van der Waals surface area (Å²) in [5, 5.41) is 3.78. The van der Waals surface area contributed by atoms with Crippen LogP contribution in [-0.2, 0) is 10.3 Å². The Morgan fingerprint density at radius 1 is 1.43 bits per heavy atom. The minimum Gasteiger partial charge on any atom is -0.347 e. The monoisotopic (exact) mass is 330 g/mol. The van der Waals surface area contributed by atoms with E-state index in [1.807, 2.05) is 38.1 Å². The van der Waals surface area contributed by atoms with Crippen molar-refractivity contribution in [2.45, 2.75) is 51.1 Å². The van der Waals surface area contributed by atoms with E-state index in [0.29, 0.717) is 17.4 Å². The van der Waals surface area contributed by atoms with Crippen molar-refractivity contribution in [1.29, 1.82) is 0 Å². The summed E-state index contributed by atoms with van der Waals surface area (Å²) in [6.07, 6.45) is 3.75. The van der Waals surface area contributed by atoms with Crippen LogP contribution in [0.2, 0.25) is 5.02 Å². The van der Waals surface area contributed by atoms with E-state index in [1.54, 1.807) is 0 Å². The SMILES string of the molecule is CC(C)(NC(=O)C[C@@H]1CCC[C@H]1N)c1cccc(Cl)c1.Cl. The Morgan fingerprint density at radius 3 is 2.71 bits per heavy atom. The minimum atomic E-state index is -0.426. The minimum absolute atomic E-state index is 0. The van der Waals surface area contributed by atoms with Crippen molar-refractivity contribution in [3.05, 3.63) is 34.9 Å². The number of nitrogens with one attached hydrogen (secondary N) is 1. The van der Waals surface area contributed by atoms with Crippen molar-refractivity contribution in [2.24, 2.45) is 11.7 Å². The van der Waals surface area contributed by atoms with Crippen LogP contribution in [0, 0.1) is 5.92 Å². The third kappa shape index (κ3) is 4.87. The van der Waals surface area contributed by atoms with Crippen LogP contribution in [-0.4, -0.2) is 11.9 Å². The average molecular weight is 331 g/mol. The maximum Gasteiger partial charge on any atom is 0.221 e. The smallest absolute Gasteiger partial charge is 0.221 e. The number of rotatable bonds is 4. The van der Waals surface area contributed by atoms with Gasteiger partial charge in [-0.3, -0.25) is 4.79 Å². The second kappa shape index (κ2) is 7.48. The number of carbonyl (C=O) groups is 1. The number of amides is 1. The molecule has 2 rings (SSSR count). The van der Waals surface area contributed by atoms with Crippen molar-refractivity contribution in [1.82, 2.24) is 5.32 Å². The van der Waals surface area contributed by atoms with Gasteiger partial charge < -0.3 is 11.1 Å². The molecular weight excluding hydrogens is 307 g/mol. The third-order valence-corrected chi connectivity index (χ3v) is 4.40. The summed E-state index contributed by atoms with van der Waals surface area (Å²) in [4.78, 5) is 12.2. The molecule has 1 aliphatic carbocycles. The predicted octanol–water partition coefficient (Wildman–Crippen LogP) is 3.63. The fraction of sp³-hybridized carbons (Fsp3) is 0.562. The molecule has 0 unspecified atom stereocenters.